The van der Waals surface area contributed by atoms with Gasteiger partial charge >= 0.3 is 0 Å². The zero-order valence-corrected chi connectivity index (χ0v) is 8.99. The van der Waals surface area contributed by atoms with Gasteiger partial charge in [-0.25, -0.2) is 0 Å². The maximum absolute atomic E-state index is 11.3. The number of allylic oxidation sites excluding steroid dienone is 1. The third-order valence-corrected chi connectivity index (χ3v) is 1.63. The summed E-state index contributed by atoms with van der Waals surface area (Å²) < 4.78 is 15.0. The third-order valence-electron chi connectivity index (χ3n) is 1.63. The van der Waals surface area contributed by atoms with E-state index >= 15 is 0 Å². The molecule has 0 bridgehead atoms. The molecule has 0 aromatic rings. The van der Waals surface area contributed by atoms with Crippen molar-refractivity contribution in [2.24, 2.45) is 0 Å². The first-order valence-electron chi connectivity index (χ1n) is 4.52. The summed E-state index contributed by atoms with van der Waals surface area (Å²) in [5.41, 5.74) is 0. The number of methoxy groups -OCH3 is 2. The Morgan fingerprint density at radius 2 is 2.07 bits per heavy atom. The highest BCUT2D eigenvalue weighted by atomic mass is 16.5. The van der Waals surface area contributed by atoms with E-state index in [2.05, 4.69) is 0 Å². The van der Waals surface area contributed by atoms with Crippen LogP contribution >= 0.6 is 0 Å². The summed E-state index contributed by atoms with van der Waals surface area (Å²) in [7, 11) is 3.09. The number of rotatable bonds is 8. The molecular formula is C10H18O4. The van der Waals surface area contributed by atoms with Crippen molar-refractivity contribution in [1.82, 2.24) is 0 Å². The molecule has 0 heterocycles. The molecule has 0 rings (SSSR count). The molecule has 0 N–H and O–H groups in total. The van der Waals surface area contributed by atoms with Crippen LogP contribution in [0.1, 0.15) is 6.92 Å². The fourth-order valence-electron chi connectivity index (χ4n) is 0.871. The van der Waals surface area contributed by atoms with E-state index in [1.54, 1.807) is 20.1 Å². The summed E-state index contributed by atoms with van der Waals surface area (Å²) in [6, 6.07) is 0. The van der Waals surface area contributed by atoms with E-state index in [9.17, 15) is 4.79 Å². The van der Waals surface area contributed by atoms with Crippen molar-refractivity contribution in [1.29, 1.82) is 0 Å². The fraction of sp³-hybridized carbons (Fsp3) is 0.700. The Balaban J connectivity index is 3.73. The molecule has 4 nitrogen and oxygen atoms in total. The normalized spacial score (nSPS) is 13.4. The van der Waals surface area contributed by atoms with E-state index in [-0.39, 0.29) is 12.4 Å². The van der Waals surface area contributed by atoms with Crippen LogP contribution in [0.4, 0.5) is 0 Å². The van der Waals surface area contributed by atoms with Crippen LogP contribution < -0.4 is 0 Å². The molecule has 0 saturated carbocycles. The molecule has 0 radical (unpaired) electrons. The van der Waals surface area contributed by atoms with Crippen molar-refractivity contribution in [2.45, 2.75) is 13.0 Å². The second-order valence-electron chi connectivity index (χ2n) is 2.69. The highest BCUT2D eigenvalue weighted by molar-refractivity contribution is 5.93. The second-order valence-corrected chi connectivity index (χ2v) is 2.69. The predicted octanol–water partition coefficient (Wildman–Crippen LogP) is 0.810. The topological polar surface area (TPSA) is 44.8 Å². The van der Waals surface area contributed by atoms with Crippen molar-refractivity contribution in [3.05, 3.63) is 12.2 Å². The number of hydrogen-bond donors (Lipinski definition) is 0. The SMILES string of the molecule is C/C=C/C(=O)C(COCCOC)OC. The average Bonchev–Trinajstić information content (AvgIpc) is 2.18. The molecule has 0 aliphatic rings. The number of ketones is 1. The van der Waals surface area contributed by atoms with E-state index in [1.165, 1.54) is 13.2 Å². The summed E-state index contributed by atoms with van der Waals surface area (Å²) in [5, 5.41) is 0. The lowest BCUT2D eigenvalue weighted by atomic mass is 10.2. The van der Waals surface area contributed by atoms with Gasteiger partial charge in [0.15, 0.2) is 5.78 Å². The van der Waals surface area contributed by atoms with Gasteiger partial charge in [0, 0.05) is 14.2 Å². The summed E-state index contributed by atoms with van der Waals surface area (Å²) in [5.74, 6) is -0.0765. The molecule has 0 fully saturated rings. The summed E-state index contributed by atoms with van der Waals surface area (Å²) >= 11 is 0. The standard InChI is InChI=1S/C10H18O4/c1-4-5-9(11)10(13-3)8-14-7-6-12-2/h4-5,10H,6-8H2,1-3H3/b5-4+. The third kappa shape index (κ3) is 5.85. The fourth-order valence-corrected chi connectivity index (χ4v) is 0.871. The Morgan fingerprint density at radius 1 is 1.36 bits per heavy atom. The Morgan fingerprint density at radius 3 is 2.57 bits per heavy atom. The maximum Gasteiger partial charge on any atom is 0.186 e. The van der Waals surface area contributed by atoms with Gasteiger partial charge in [-0.1, -0.05) is 6.08 Å². The first-order valence-corrected chi connectivity index (χ1v) is 4.52. The zero-order chi connectivity index (χ0) is 10.8. The molecule has 0 aromatic carbocycles. The zero-order valence-electron chi connectivity index (χ0n) is 8.99. The highest BCUT2D eigenvalue weighted by Crippen LogP contribution is 1.95. The molecule has 0 amide bonds. The second kappa shape index (κ2) is 8.87. The Hall–Kier alpha value is -0.710. The monoisotopic (exact) mass is 202 g/mol. The van der Waals surface area contributed by atoms with Gasteiger partial charge in [0.2, 0.25) is 0 Å². The van der Waals surface area contributed by atoms with Crippen LogP contribution in [-0.4, -0.2) is 45.9 Å². The van der Waals surface area contributed by atoms with Gasteiger partial charge in [-0.3, -0.25) is 4.79 Å². The van der Waals surface area contributed by atoms with Crippen LogP contribution in [0.15, 0.2) is 12.2 Å². The Kier molecular flexibility index (Phi) is 8.42. The smallest absolute Gasteiger partial charge is 0.186 e. The van der Waals surface area contributed by atoms with Crippen LogP contribution in [0, 0.1) is 0 Å². The summed E-state index contributed by atoms with van der Waals surface area (Å²) in [4.78, 5) is 11.3. The average molecular weight is 202 g/mol. The minimum absolute atomic E-state index is 0.0765. The van der Waals surface area contributed by atoms with Gasteiger partial charge in [0.1, 0.15) is 6.10 Å². The first-order chi connectivity index (χ1) is 6.76. The van der Waals surface area contributed by atoms with Gasteiger partial charge < -0.3 is 14.2 Å². The Bertz CT molecular complexity index is 177. The molecule has 1 atom stereocenters. The molecular weight excluding hydrogens is 184 g/mol. The predicted molar refractivity (Wildman–Crippen MR) is 53.3 cm³/mol. The van der Waals surface area contributed by atoms with Gasteiger partial charge in [-0.15, -0.1) is 0 Å². The van der Waals surface area contributed by atoms with Crippen molar-refractivity contribution in [3.63, 3.8) is 0 Å². The van der Waals surface area contributed by atoms with Crippen molar-refractivity contribution < 1.29 is 19.0 Å². The van der Waals surface area contributed by atoms with Gasteiger partial charge in [-0.05, 0) is 13.0 Å². The van der Waals surface area contributed by atoms with E-state index in [4.69, 9.17) is 14.2 Å². The molecule has 4 heteroatoms. The van der Waals surface area contributed by atoms with Crippen molar-refractivity contribution >= 4 is 5.78 Å². The van der Waals surface area contributed by atoms with Crippen LogP contribution in [0.5, 0.6) is 0 Å². The van der Waals surface area contributed by atoms with Crippen LogP contribution in [-0.2, 0) is 19.0 Å². The molecule has 0 saturated heterocycles. The lowest BCUT2D eigenvalue weighted by molar-refractivity contribution is -0.127. The van der Waals surface area contributed by atoms with Crippen molar-refractivity contribution in [2.75, 3.05) is 34.0 Å². The van der Waals surface area contributed by atoms with Crippen LogP contribution in [0.2, 0.25) is 0 Å². The van der Waals surface area contributed by atoms with E-state index in [1.807, 2.05) is 0 Å². The molecule has 0 aliphatic heterocycles. The molecule has 14 heavy (non-hydrogen) atoms. The van der Waals surface area contributed by atoms with Crippen molar-refractivity contribution in [3.8, 4) is 0 Å². The lowest BCUT2D eigenvalue weighted by Gasteiger charge is -2.12. The number of carbonyl (C=O) groups excluding carboxylic acids is 1. The minimum Gasteiger partial charge on any atom is -0.382 e. The molecule has 0 spiro atoms. The Labute approximate surface area is 84.8 Å². The number of hydrogen-bond acceptors (Lipinski definition) is 4. The molecule has 1 unspecified atom stereocenters. The van der Waals surface area contributed by atoms with E-state index in [0.717, 1.165) is 0 Å². The molecule has 0 aliphatic carbocycles. The van der Waals surface area contributed by atoms with Crippen LogP contribution in [0.25, 0.3) is 0 Å². The van der Waals surface area contributed by atoms with Gasteiger partial charge in [-0.2, -0.15) is 0 Å². The number of carbonyl (C=O) groups is 1. The quantitative estimate of drug-likeness (QED) is 0.431. The minimum atomic E-state index is -0.511. The molecule has 82 valence electrons. The maximum atomic E-state index is 11.3. The van der Waals surface area contributed by atoms with Crippen LogP contribution in [0.3, 0.4) is 0 Å². The number of ether oxygens (including phenoxy) is 3. The van der Waals surface area contributed by atoms with Gasteiger partial charge in [0.05, 0.1) is 19.8 Å². The summed E-state index contributed by atoms with van der Waals surface area (Å²) in [6.45, 7) is 3.05. The summed E-state index contributed by atoms with van der Waals surface area (Å²) in [6.07, 6.45) is 2.65. The van der Waals surface area contributed by atoms with E-state index < -0.39 is 6.10 Å². The van der Waals surface area contributed by atoms with Gasteiger partial charge in [0.25, 0.3) is 0 Å². The highest BCUT2D eigenvalue weighted by Gasteiger charge is 2.14. The lowest BCUT2D eigenvalue weighted by Crippen LogP contribution is -2.27. The molecule has 0 aromatic heterocycles. The van der Waals surface area contributed by atoms with E-state index in [0.29, 0.717) is 13.2 Å². The first kappa shape index (κ1) is 13.3. The largest absolute Gasteiger partial charge is 0.382 e.